The first-order chi connectivity index (χ1) is 7.36. The number of nitrogens with zero attached hydrogens (tertiary/aromatic N) is 1. The topological polar surface area (TPSA) is 12.5 Å². The molecule has 0 saturated carbocycles. The van der Waals surface area contributed by atoms with Crippen LogP contribution in [-0.4, -0.2) is 37.7 Å². The molecule has 1 atom stereocenters. The molecule has 0 N–H and O–H groups in total. The Kier molecular flexibility index (Phi) is 7.03. The van der Waals surface area contributed by atoms with Crippen molar-refractivity contribution in [3.05, 3.63) is 0 Å². The maximum Gasteiger partial charge on any atom is 0.0506 e. The summed E-state index contributed by atoms with van der Waals surface area (Å²) in [7, 11) is 0. The molecule has 1 heterocycles. The minimum absolute atomic E-state index is 0.792. The number of unbranched alkanes of at least 4 members (excludes halogenated alkanes) is 2. The van der Waals surface area contributed by atoms with Crippen LogP contribution in [0.2, 0.25) is 0 Å². The molecule has 15 heavy (non-hydrogen) atoms. The van der Waals surface area contributed by atoms with Gasteiger partial charge in [0.15, 0.2) is 0 Å². The monoisotopic (exact) mass is 213 g/mol. The molecule has 0 aliphatic carbocycles. The number of ether oxygens (including phenoxy) is 1. The average Bonchev–Trinajstić information content (AvgIpc) is 2.29. The summed E-state index contributed by atoms with van der Waals surface area (Å²) < 4.78 is 5.74. The summed E-state index contributed by atoms with van der Waals surface area (Å²) in [4.78, 5) is 2.55. The molecule has 2 heteroatoms. The second-order valence-electron chi connectivity index (χ2n) is 4.68. The van der Waals surface area contributed by atoms with Crippen LogP contribution < -0.4 is 0 Å². The van der Waals surface area contributed by atoms with E-state index in [-0.39, 0.29) is 0 Å². The van der Waals surface area contributed by atoms with Crippen LogP contribution in [0.1, 0.15) is 46.0 Å². The third kappa shape index (κ3) is 5.53. The molecule has 0 aromatic carbocycles. The Morgan fingerprint density at radius 3 is 2.87 bits per heavy atom. The average molecular weight is 213 g/mol. The molecule has 0 aromatic heterocycles. The Hall–Kier alpha value is -0.0800. The second-order valence-corrected chi connectivity index (χ2v) is 4.68. The highest BCUT2D eigenvalue weighted by Gasteiger charge is 2.18. The van der Waals surface area contributed by atoms with E-state index in [2.05, 4.69) is 18.7 Å². The van der Waals surface area contributed by atoms with Gasteiger partial charge in [0.05, 0.1) is 6.61 Å². The summed E-state index contributed by atoms with van der Waals surface area (Å²) in [5.41, 5.74) is 0. The SMILES string of the molecule is CCCCCOCC1CCCN(CC)C1. The fraction of sp³-hybridized carbons (Fsp3) is 1.00. The Balaban J connectivity index is 2.00. The molecule has 1 fully saturated rings. The van der Waals surface area contributed by atoms with Crippen molar-refractivity contribution in [3.63, 3.8) is 0 Å². The Labute approximate surface area is 95.0 Å². The van der Waals surface area contributed by atoms with Crippen LogP contribution in [0, 0.1) is 5.92 Å². The van der Waals surface area contributed by atoms with Crippen molar-refractivity contribution >= 4 is 0 Å². The molecule has 90 valence electrons. The predicted octanol–water partition coefficient (Wildman–Crippen LogP) is 2.93. The largest absolute Gasteiger partial charge is 0.381 e. The van der Waals surface area contributed by atoms with Crippen molar-refractivity contribution in [1.29, 1.82) is 0 Å². The van der Waals surface area contributed by atoms with E-state index < -0.39 is 0 Å². The van der Waals surface area contributed by atoms with Gasteiger partial charge in [0.25, 0.3) is 0 Å². The van der Waals surface area contributed by atoms with E-state index in [1.54, 1.807) is 0 Å². The summed E-state index contributed by atoms with van der Waals surface area (Å²) >= 11 is 0. The third-order valence-electron chi connectivity index (χ3n) is 3.30. The lowest BCUT2D eigenvalue weighted by Gasteiger charge is -2.31. The van der Waals surface area contributed by atoms with Crippen LogP contribution in [0.15, 0.2) is 0 Å². The molecular weight excluding hydrogens is 186 g/mol. The quantitative estimate of drug-likeness (QED) is 0.603. The normalized spacial score (nSPS) is 23.2. The van der Waals surface area contributed by atoms with Crippen LogP contribution >= 0.6 is 0 Å². The highest BCUT2D eigenvalue weighted by atomic mass is 16.5. The van der Waals surface area contributed by atoms with Gasteiger partial charge in [-0.25, -0.2) is 0 Å². The number of piperidine rings is 1. The molecule has 1 rings (SSSR count). The fourth-order valence-electron chi connectivity index (χ4n) is 2.28. The fourth-order valence-corrected chi connectivity index (χ4v) is 2.28. The number of rotatable bonds is 7. The summed E-state index contributed by atoms with van der Waals surface area (Å²) in [6, 6.07) is 0. The van der Waals surface area contributed by atoms with E-state index in [1.165, 1.54) is 51.7 Å². The zero-order valence-electron chi connectivity index (χ0n) is 10.5. The highest BCUT2D eigenvalue weighted by molar-refractivity contribution is 4.71. The molecule has 0 spiro atoms. The van der Waals surface area contributed by atoms with Gasteiger partial charge in [-0.3, -0.25) is 0 Å². The standard InChI is InChI=1S/C13H27NO/c1-3-5-6-10-15-12-13-8-7-9-14(4-2)11-13/h13H,3-12H2,1-2H3. The van der Waals surface area contributed by atoms with Crippen LogP contribution in [0.3, 0.4) is 0 Å². The van der Waals surface area contributed by atoms with Crippen LogP contribution in [0.4, 0.5) is 0 Å². The van der Waals surface area contributed by atoms with Crippen LogP contribution in [0.25, 0.3) is 0 Å². The van der Waals surface area contributed by atoms with E-state index in [1.807, 2.05) is 0 Å². The molecule has 1 unspecified atom stereocenters. The van der Waals surface area contributed by atoms with Gasteiger partial charge in [0, 0.05) is 13.2 Å². The minimum atomic E-state index is 0.792. The molecule has 2 nitrogen and oxygen atoms in total. The van der Waals surface area contributed by atoms with E-state index in [0.717, 1.165) is 19.1 Å². The molecule has 0 bridgehead atoms. The van der Waals surface area contributed by atoms with Gasteiger partial charge in [-0.05, 0) is 38.3 Å². The summed E-state index contributed by atoms with van der Waals surface area (Å²) in [5.74, 6) is 0.792. The van der Waals surface area contributed by atoms with Gasteiger partial charge in [-0.1, -0.05) is 26.7 Å². The Morgan fingerprint density at radius 1 is 1.27 bits per heavy atom. The highest BCUT2D eigenvalue weighted by Crippen LogP contribution is 2.16. The van der Waals surface area contributed by atoms with Crippen molar-refractivity contribution in [2.24, 2.45) is 5.92 Å². The smallest absolute Gasteiger partial charge is 0.0506 e. The van der Waals surface area contributed by atoms with Gasteiger partial charge in [-0.2, -0.15) is 0 Å². The molecule has 1 saturated heterocycles. The maximum atomic E-state index is 5.74. The van der Waals surface area contributed by atoms with E-state index in [4.69, 9.17) is 4.74 Å². The van der Waals surface area contributed by atoms with Gasteiger partial charge in [0.1, 0.15) is 0 Å². The molecule has 0 radical (unpaired) electrons. The van der Waals surface area contributed by atoms with Gasteiger partial charge in [-0.15, -0.1) is 0 Å². The summed E-state index contributed by atoms with van der Waals surface area (Å²) in [6.07, 6.45) is 6.56. The summed E-state index contributed by atoms with van der Waals surface area (Å²) in [6.45, 7) is 10.2. The predicted molar refractivity (Wildman–Crippen MR) is 65.2 cm³/mol. The van der Waals surface area contributed by atoms with E-state index >= 15 is 0 Å². The van der Waals surface area contributed by atoms with Crippen molar-refractivity contribution in [2.75, 3.05) is 32.8 Å². The Morgan fingerprint density at radius 2 is 2.13 bits per heavy atom. The number of hydrogen-bond donors (Lipinski definition) is 0. The lowest BCUT2D eigenvalue weighted by Crippen LogP contribution is -2.36. The van der Waals surface area contributed by atoms with E-state index in [9.17, 15) is 0 Å². The third-order valence-corrected chi connectivity index (χ3v) is 3.30. The lowest BCUT2D eigenvalue weighted by atomic mass is 9.99. The molecule has 0 amide bonds. The molecule has 0 aromatic rings. The van der Waals surface area contributed by atoms with Gasteiger partial charge >= 0.3 is 0 Å². The summed E-state index contributed by atoms with van der Waals surface area (Å²) in [5, 5.41) is 0. The van der Waals surface area contributed by atoms with Gasteiger partial charge < -0.3 is 9.64 Å². The number of likely N-dealkylation sites (tertiary alicyclic amines) is 1. The first-order valence-corrected chi connectivity index (χ1v) is 6.66. The lowest BCUT2D eigenvalue weighted by molar-refractivity contribution is 0.0602. The first kappa shape index (κ1) is 13.0. The van der Waals surface area contributed by atoms with Crippen LogP contribution in [-0.2, 0) is 4.74 Å². The molecule has 1 aliphatic heterocycles. The van der Waals surface area contributed by atoms with Gasteiger partial charge in [0.2, 0.25) is 0 Å². The molecular formula is C13H27NO. The van der Waals surface area contributed by atoms with Crippen molar-refractivity contribution in [1.82, 2.24) is 4.90 Å². The zero-order valence-corrected chi connectivity index (χ0v) is 10.5. The minimum Gasteiger partial charge on any atom is -0.381 e. The zero-order chi connectivity index (χ0) is 10.9. The van der Waals surface area contributed by atoms with E-state index in [0.29, 0.717) is 0 Å². The van der Waals surface area contributed by atoms with Crippen molar-refractivity contribution < 1.29 is 4.74 Å². The van der Waals surface area contributed by atoms with Crippen molar-refractivity contribution in [3.8, 4) is 0 Å². The molecule has 1 aliphatic rings. The second kappa shape index (κ2) is 8.12. The van der Waals surface area contributed by atoms with Crippen molar-refractivity contribution in [2.45, 2.75) is 46.0 Å². The maximum absolute atomic E-state index is 5.74. The Bertz CT molecular complexity index is 149. The first-order valence-electron chi connectivity index (χ1n) is 6.66. The van der Waals surface area contributed by atoms with Crippen LogP contribution in [0.5, 0.6) is 0 Å². The number of hydrogen-bond acceptors (Lipinski definition) is 2.